The van der Waals surface area contributed by atoms with Gasteiger partial charge in [0.1, 0.15) is 17.8 Å². The molecule has 3 heterocycles. The third-order valence-corrected chi connectivity index (χ3v) is 5.88. The second-order valence-corrected chi connectivity index (χ2v) is 7.60. The van der Waals surface area contributed by atoms with Gasteiger partial charge in [0.2, 0.25) is 5.91 Å². The predicted molar refractivity (Wildman–Crippen MR) is 108 cm³/mol. The molecule has 1 amide bonds. The van der Waals surface area contributed by atoms with Crippen molar-refractivity contribution in [2.45, 2.75) is 45.1 Å². The number of allylic oxidation sites excluding steroid dienone is 2. The van der Waals surface area contributed by atoms with E-state index in [0.717, 1.165) is 56.4 Å². The van der Waals surface area contributed by atoms with Gasteiger partial charge in [-0.1, -0.05) is 12.7 Å². The van der Waals surface area contributed by atoms with Crippen LogP contribution < -0.4 is 5.73 Å². The summed E-state index contributed by atoms with van der Waals surface area (Å²) in [4.78, 5) is 22.5. The summed E-state index contributed by atoms with van der Waals surface area (Å²) in [5.41, 5.74) is 9.73. The zero-order valence-electron chi connectivity index (χ0n) is 15.7. The lowest BCUT2D eigenvalue weighted by Gasteiger charge is -2.31. The molecule has 1 aliphatic carbocycles. The van der Waals surface area contributed by atoms with Crippen LogP contribution in [0, 0.1) is 5.92 Å². The maximum Gasteiger partial charge on any atom is 0.245 e. The molecule has 142 valence electrons. The number of hydrogen-bond donors (Lipinski definition) is 1. The Morgan fingerprint density at radius 1 is 1.30 bits per heavy atom. The number of anilines is 1. The fraction of sp³-hybridized carbons (Fsp3) is 0.476. The maximum atomic E-state index is 11.8. The Morgan fingerprint density at radius 3 is 2.81 bits per heavy atom. The van der Waals surface area contributed by atoms with Gasteiger partial charge in [0, 0.05) is 31.4 Å². The van der Waals surface area contributed by atoms with Crippen LogP contribution in [0.1, 0.15) is 44.1 Å². The first kappa shape index (κ1) is 17.8. The predicted octanol–water partition coefficient (Wildman–Crippen LogP) is 3.40. The molecule has 1 aliphatic heterocycles. The Labute approximate surface area is 159 Å². The summed E-state index contributed by atoms with van der Waals surface area (Å²) < 4.78 is 2.24. The van der Waals surface area contributed by atoms with Crippen LogP contribution in [0.2, 0.25) is 0 Å². The van der Waals surface area contributed by atoms with E-state index in [2.05, 4.69) is 33.4 Å². The molecule has 4 rings (SSSR count). The maximum absolute atomic E-state index is 11.8. The number of nitrogen functional groups attached to an aromatic ring is 1. The van der Waals surface area contributed by atoms with Crippen molar-refractivity contribution in [1.29, 1.82) is 0 Å². The van der Waals surface area contributed by atoms with E-state index < -0.39 is 0 Å². The number of piperidine rings is 1. The van der Waals surface area contributed by atoms with Crippen molar-refractivity contribution in [1.82, 2.24) is 19.4 Å². The number of nitrogens with two attached hydrogens (primary N) is 1. The second kappa shape index (κ2) is 7.55. The number of amides is 1. The van der Waals surface area contributed by atoms with Crippen LogP contribution in [0.3, 0.4) is 0 Å². The average molecular weight is 365 g/mol. The first-order valence-electron chi connectivity index (χ1n) is 9.87. The Bertz CT molecular complexity index is 889. The third-order valence-electron chi connectivity index (χ3n) is 5.88. The van der Waals surface area contributed by atoms with E-state index in [4.69, 9.17) is 5.73 Å². The van der Waals surface area contributed by atoms with Gasteiger partial charge in [0.05, 0.1) is 5.39 Å². The fourth-order valence-electron chi connectivity index (χ4n) is 4.36. The van der Waals surface area contributed by atoms with E-state index in [9.17, 15) is 4.79 Å². The molecule has 2 aliphatic rings. The molecule has 27 heavy (non-hydrogen) atoms. The number of hydrogen-bond acceptors (Lipinski definition) is 4. The number of carbonyl (C=O) groups is 1. The number of fused-ring (bicyclic) bond motifs is 1. The zero-order valence-corrected chi connectivity index (χ0v) is 15.7. The Morgan fingerprint density at radius 2 is 2.11 bits per heavy atom. The van der Waals surface area contributed by atoms with Gasteiger partial charge in [0.15, 0.2) is 0 Å². The van der Waals surface area contributed by atoms with Gasteiger partial charge in [-0.25, -0.2) is 9.97 Å². The van der Waals surface area contributed by atoms with Gasteiger partial charge in [-0.2, -0.15) is 0 Å². The molecular formula is C21H27N5O. The first-order valence-corrected chi connectivity index (χ1v) is 9.87. The molecule has 0 unspecified atom stereocenters. The number of carbonyl (C=O) groups excluding carboxylic acids is 1. The lowest BCUT2D eigenvalue weighted by atomic mass is 9.94. The lowest BCUT2D eigenvalue weighted by molar-refractivity contribution is -0.127. The van der Waals surface area contributed by atoms with Crippen molar-refractivity contribution in [2.24, 2.45) is 5.92 Å². The van der Waals surface area contributed by atoms with Crippen LogP contribution in [0.5, 0.6) is 0 Å². The van der Waals surface area contributed by atoms with Crippen molar-refractivity contribution in [3.63, 3.8) is 0 Å². The quantitative estimate of drug-likeness (QED) is 0.843. The Hall–Kier alpha value is -2.63. The van der Waals surface area contributed by atoms with Gasteiger partial charge in [-0.15, -0.1) is 0 Å². The normalized spacial score (nSPS) is 18.5. The van der Waals surface area contributed by atoms with E-state index in [1.54, 1.807) is 6.33 Å². The molecule has 0 atom stereocenters. The molecule has 0 aromatic carbocycles. The van der Waals surface area contributed by atoms with Crippen LogP contribution in [0.25, 0.3) is 16.6 Å². The van der Waals surface area contributed by atoms with Gasteiger partial charge in [0.25, 0.3) is 0 Å². The minimum absolute atomic E-state index is 0.0342. The molecule has 2 N–H and O–H groups in total. The van der Waals surface area contributed by atoms with Crippen LogP contribution in [0.15, 0.2) is 31.3 Å². The molecule has 1 fully saturated rings. The molecule has 2 aromatic rings. The topological polar surface area (TPSA) is 77.0 Å². The van der Waals surface area contributed by atoms with Crippen LogP contribution in [-0.2, 0) is 11.3 Å². The van der Waals surface area contributed by atoms with E-state index in [-0.39, 0.29) is 5.91 Å². The smallest absolute Gasteiger partial charge is 0.245 e. The van der Waals surface area contributed by atoms with Crippen LogP contribution in [-0.4, -0.2) is 38.4 Å². The molecule has 0 saturated carbocycles. The summed E-state index contributed by atoms with van der Waals surface area (Å²) in [5, 5.41) is 0.991. The summed E-state index contributed by atoms with van der Waals surface area (Å²) >= 11 is 0. The summed E-state index contributed by atoms with van der Waals surface area (Å²) in [6.07, 6.45) is 14.2. The van der Waals surface area contributed by atoms with Crippen molar-refractivity contribution in [3.8, 4) is 0 Å². The van der Waals surface area contributed by atoms with Crippen molar-refractivity contribution in [2.75, 3.05) is 18.8 Å². The van der Waals surface area contributed by atoms with Crippen molar-refractivity contribution >= 4 is 28.3 Å². The highest BCUT2D eigenvalue weighted by Gasteiger charge is 2.24. The van der Waals surface area contributed by atoms with Gasteiger partial charge in [-0.05, 0) is 56.1 Å². The zero-order chi connectivity index (χ0) is 18.8. The molecular weight excluding hydrogens is 338 g/mol. The number of likely N-dealkylation sites (tertiary alicyclic amines) is 1. The van der Waals surface area contributed by atoms with E-state index in [1.807, 2.05) is 4.90 Å². The highest BCUT2D eigenvalue weighted by Crippen LogP contribution is 2.35. The van der Waals surface area contributed by atoms with Gasteiger partial charge >= 0.3 is 0 Å². The summed E-state index contributed by atoms with van der Waals surface area (Å²) in [5.74, 6) is 1.12. The fourth-order valence-corrected chi connectivity index (χ4v) is 4.36. The largest absolute Gasteiger partial charge is 0.383 e. The molecule has 2 aromatic heterocycles. The van der Waals surface area contributed by atoms with Crippen LogP contribution >= 0.6 is 0 Å². The minimum Gasteiger partial charge on any atom is -0.383 e. The highest BCUT2D eigenvalue weighted by molar-refractivity contribution is 5.97. The van der Waals surface area contributed by atoms with Crippen molar-refractivity contribution < 1.29 is 4.79 Å². The minimum atomic E-state index is 0.0342. The van der Waals surface area contributed by atoms with E-state index in [0.29, 0.717) is 11.7 Å². The molecule has 6 heteroatoms. The second-order valence-electron chi connectivity index (χ2n) is 7.60. The Kier molecular flexibility index (Phi) is 4.97. The SMILES string of the molecule is C=CC(=O)N1CCC(Cn2cc(C3=CCCCC3)c3c(N)ncnc32)CC1. The molecule has 6 nitrogen and oxygen atoms in total. The van der Waals surface area contributed by atoms with E-state index >= 15 is 0 Å². The monoisotopic (exact) mass is 365 g/mol. The summed E-state index contributed by atoms with van der Waals surface area (Å²) in [6.45, 7) is 6.08. The molecule has 0 radical (unpaired) electrons. The number of nitrogens with zero attached hydrogens (tertiary/aromatic N) is 4. The average Bonchev–Trinajstić information content (AvgIpc) is 3.08. The third kappa shape index (κ3) is 3.48. The van der Waals surface area contributed by atoms with Gasteiger partial charge < -0.3 is 15.2 Å². The summed E-state index contributed by atoms with van der Waals surface area (Å²) in [7, 11) is 0. The van der Waals surface area contributed by atoms with Crippen molar-refractivity contribution in [3.05, 3.63) is 36.8 Å². The summed E-state index contributed by atoms with van der Waals surface area (Å²) in [6, 6.07) is 0. The van der Waals surface area contributed by atoms with Gasteiger partial charge in [-0.3, -0.25) is 4.79 Å². The van der Waals surface area contributed by atoms with E-state index in [1.165, 1.54) is 30.1 Å². The van der Waals surface area contributed by atoms with Crippen LogP contribution in [0.4, 0.5) is 5.82 Å². The first-order chi connectivity index (χ1) is 13.2. The Balaban J connectivity index is 1.59. The number of rotatable bonds is 4. The standard InChI is InChI=1S/C21H27N5O/c1-2-18(27)25-10-8-15(9-11-25)12-26-13-17(16-6-4-3-5-7-16)19-20(22)23-14-24-21(19)26/h2,6,13-15H,1,3-5,7-12H2,(H2,22,23,24). The molecule has 1 saturated heterocycles. The molecule has 0 bridgehead atoms. The number of aromatic nitrogens is 3. The molecule has 0 spiro atoms. The lowest BCUT2D eigenvalue weighted by Crippen LogP contribution is -2.38. The highest BCUT2D eigenvalue weighted by atomic mass is 16.2.